The minimum Gasteiger partial charge on any atom is -0.493 e. The smallest absolute Gasteiger partial charge is 0.387 e. The van der Waals surface area contributed by atoms with Gasteiger partial charge in [-0.1, -0.05) is 6.07 Å². The zero-order valence-corrected chi connectivity index (χ0v) is 15.2. The molecule has 1 N–H and O–H groups in total. The van der Waals surface area contributed by atoms with E-state index in [1.165, 1.54) is 25.5 Å². The van der Waals surface area contributed by atoms with E-state index in [0.29, 0.717) is 24.4 Å². The van der Waals surface area contributed by atoms with Gasteiger partial charge in [-0.05, 0) is 29.8 Å². The molecule has 0 radical (unpaired) electrons. The topological polar surface area (TPSA) is 81.0 Å². The van der Waals surface area contributed by atoms with E-state index < -0.39 is 12.5 Å². The van der Waals surface area contributed by atoms with Crippen LogP contribution in [0.15, 0.2) is 41.0 Å². The lowest BCUT2D eigenvalue weighted by Crippen LogP contribution is -2.32. The predicted octanol–water partition coefficient (Wildman–Crippen LogP) is 2.55. The van der Waals surface area contributed by atoms with Crippen LogP contribution < -0.4 is 14.8 Å². The molecule has 1 fully saturated rings. The van der Waals surface area contributed by atoms with Crippen molar-refractivity contribution >= 4 is 11.8 Å². The van der Waals surface area contributed by atoms with Gasteiger partial charge in [0.2, 0.25) is 11.8 Å². The third-order valence-electron chi connectivity index (χ3n) is 4.42. The summed E-state index contributed by atoms with van der Waals surface area (Å²) in [5, 5.41) is 2.77. The number of ether oxygens (including phenoxy) is 2. The molecule has 7 nitrogen and oxygen atoms in total. The summed E-state index contributed by atoms with van der Waals surface area (Å²) in [6, 6.07) is 7.95. The van der Waals surface area contributed by atoms with E-state index in [0.717, 1.165) is 0 Å². The summed E-state index contributed by atoms with van der Waals surface area (Å²) in [6.45, 7) is -2.13. The fourth-order valence-corrected chi connectivity index (χ4v) is 3.04. The van der Waals surface area contributed by atoms with Gasteiger partial charge in [0.25, 0.3) is 0 Å². The second-order valence-electron chi connectivity index (χ2n) is 6.34. The number of carbonyl (C=O) groups excluding carboxylic acids is 2. The summed E-state index contributed by atoms with van der Waals surface area (Å²) < 4.78 is 39.4. The highest BCUT2D eigenvalue weighted by molar-refractivity contribution is 5.89. The average molecular weight is 394 g/mol. The summed E-state index contributed by atoms with van der Waals surface area (Å²) in [6.07, 6.45) is 1.67. The lowest BCUT2D eigenvalue weighted by molar-refractivity contribution is -0.129. The third kappa shape index (κ3) is 4.79. The van der Waals surface area contributed by atoms with Gasteiger partial charge in [0.15, 0.2) is 11.5 Å². The van der Waals surface area contributed by atoms with Gasteiger partial charge in [-0.15, -0.1) is 0 Å². The van der Waals surface area contributed by atoms with Gasteiger partial charge in [-0.2, -0.15) is 8.78 Å². The third-order valence-corrected chi connectivity index (χ3v) is 4.42. The van der Waals surface area contributed by atoms with Gasteiger partial charge in [-0.3, -0.25) is 9.59 Å². The number of hydrogen-bond acceptors (Lipinski definition) is 5. The fourth-order valence-electron chi connectivity index (χ4n) is 3.04. The van der Waals surface area contributed by atoms with Crippen molar-refractivity contribution in [2.45, 2.75) is 26.1 Å². The van der Waals surface area contributed by atoms with Crippen LogP contribution in [0.25, 0.3) is 0 Å². The quantitative estimate of drug-likeness (QED) is 0.744. The van der Waals surface area contributed by atoms with Crippen LogP contribution in [-0.4, -0.2) is 37.0 Å². The Labute approximate surface area is 160 Å². The molecular formula is C19H20F2N2O5. The van der Waals surface area contributed by atoms with Crippen molar-refractivity contribution in [1.29, 1.82) is 0 Å². The molecule has 9 heteroatoms. The standard InChI is InChI=1S/C19H20F2N2O5/c1-26-16-7-12(4-5-15(16)28-19(20)21)9-22-18(25)13-8-17(24)23(10-13)11-14-3-2-6-27-14/h2-7,13,19H,8-11H2,1H3,(H,22,25). The molecule has 0 saturated carbocycles. The Hall–Kier alpha value is -3.10. The number of methoxy groups -OCH3 is 1. The van der Waals surface area contributed by atoms with Crippen molar-refractivity contribution in [3.63, 3.8) is 0 Å². The van der Waals surface area contributed by atoms with Gasteiger partial charge in [0.1, 0.15) is 5.76 Å². The molecule has 1 aromatic carbocycles. The average Bonchev–Trinajstić information content (AvgIpc) is 3.30. The second-order valence-corrected chi connectivity index (χ2v) is 6.34. The molecule has 3 rings (SSSR count). The molecule has 1 unspecified atom stereocenters. The second kappa shape index (κ2) is 8.73. The van der Waals surface area contributed by atoms with Crippen molar-refractivity contribution in [2.24, 2.45) is 5.92 Å². The van der Waals surface area contributed by atoms with Crippen LogP contribution in [-0.2, 0) is 22.7 Å². The number of hydrogen-bond donors (Lipinski definition) is 1. The first kappa shape index (κ1) is 19.7. The Morgan fingerprint density at radius 2 is 2.18 bits per heavy atom. The molecular weight excluding hydrogens is 374 g/mol. The monoisotopic (exact) mass is 394 g/mol. The number of nitrogens with one attached hydrogen (secondary N) is 1. The molecule has 28 heavy (non-hydrogen) atoms. The number of halogens is 2. The lowest BCUT2D eigenvalue weighted by Gasteiger charge is -2.15. The van der Waals surface area contributed by atoms with Crippen molar-refractivity contribution in [3.05, 3.63) is 47.9 Å². The van der Waals surface area contributed by atoms with E-state index in [4.69, 9.17) is 9.15 Å². The Bertz CT molecular complexity index is 826. The number of nitrogens with zero attached hydrogens (tertiary/aromatic N) is 1. The molecule has 0 aliphatic carbocycles. The van der Waals surface area contributed by atoms with Gasteiger partial charge >= 0.3 is 6.61 Å². The molecule has 2 aromatic rings. The molecule has 1 aliphatic heterocycles. The maximum absolute atomic E-state index is 12.4. The molecule has 2 heterocycles. The van der Waals surface area contributed by atoms with Crippen molar-refractivity contribution in [3.8, 4) is 11.5 Å². The summed E-state index contributed by atoms with van der Waals surface area (Å²) in [5.41, 5.74) is 0.656. The van der Waals surface area contributed by atoms with Crippen molar-refractivity contribution in [2.75, 3.05) is 13.7 Å². The molecule has 0 spiro atoms. The van der Waals surface area contributed by atoms with Crippen LogP contribution in [0, 0.1) is 5.92 Å². The number of likely N-dealkylation sites (tertiary alicyclic amines) is 1. The Balaban J connectivity index is 1.54. The van der Waals surface area contributed by atoms with Crippen molar-refractivity contribution in [1.82, 2.24) is 10.2 Å². The number of furan rings is 1. The molecule has 1 aliphatic rings. The lowest BCUT2D eigenvalue weighted by atomic mass is 10.1. The summed E-state index contributed by atoms with van der Waals surface area (Å²) in [7, 11) is 1.34. The van der Waals surface area contributed by atoms with Gasteiger partial charge in [0.05, 0.1) is 25.8 Å². The van der Waals surface area contributed by atoms with Crippen LogP contribution in [0.4, 0.5) is 8.78 Å². The molecule has 150 valence electrons. The number of rotatable bonds is 8. The van der Waals surface area contributed by atoms with Crippen LogP contribution >= 0.6 is 0 Å². The molecule has 1 saturated heterocycles. The maximum atomic E-state index is 12.4. The van der Waals surface area contributed by atoms with E-state index >= 15 is 0 Å². The summed E-state index contributed by atoms with van der Waals surface area (Å²) >= 11 is 0. The molecule has 1 atom stereocenters. The number of amides is 2. The Kier molecular flexibility index (Phi) is 6.13. The van der Waals surface area contributed by atoms with Crippen LogP contribution in [0.1, 0.15) is 17.7 Å². The van der Waals surface area contributed by atoms with Gasteiger partial charge < -0.3 is 24.1 Å². The number of benzene rings is 1. The minimum absolute atomic E-state index is 0.0810. The highest BCUT2D eigenvalue weighted by Gasteiger charge is 2.34. The molecule has 1 aromatic heterocycles. The Morgan fingerprint density at radius 1 is 1.36 bits per heavy atom. The zero-order valence-electron chi connectivity index (χ0n) is 15.2. The first-order chi connectivity index (χ1) is 13.5. The maximum Gasteiger partial charge on any atom is 0.387 e. The summed E-state index contributed by atoms with van der Waals surface area (Å²) in [5.74, 6) is -0.0810. The van der Waals surface area contributed by atoms with Crippen LogP contribution in [0.3, 0.4) is 0 Å². The normalized spacial score (nSPS) is 16.5. The first-order valence-corrected chi connectivity index (χ1v) is 8.66. The van der Waals surface area contributed by atoms with E-state index in [2.05, 4.69) is 10.1 Å². The SMILES string of the molecule is COc1cc(CNC(=O)C2CC(=O)N(Cc3ccco3)C2)ccc1OC(F)F. The van der Waals surface area contributed by atoms with Crippen molar-refractivity contribution < 1.29 is 32.3 Å². The summed E-state index contributed by atoms with van der Waals surface area (Å²) in [4.78, 5) is 26.1. The molecule has 2 amide bonds. The van der Waals surface area contributed by atoms with E-state index in [1.54, 1.807) is 23.1 Å². The Morgan fingerprint density at radius 3 is 2.86 bits per heavy atom. The highest BCUT2D eigenvalue weighted by atomic mass is 19.3. The van der Waals surface area contributed by atoms with Gasteiger partial charge in [-0.25, -0.2) is 0 Å². The van der Waals surface area contributed by atoms with E-state index in [-0.39, 0.29) is 36.3 Å². The predicted molar refractivity (Wildman–Crippen MR) is 93.7 cm³/mol. The highest BCUT2D eigenvalue weighted by Crippen LogP contribution is 2.29. The number of carbonyl (C=O) groups is 2. The molecule has 0 bridgehead atoms. The fraction of sp³-hybridized carbons (Fsp3) is 0.368. The number of alkyl halides is 2. The van der Waals surface area contributed by atoms with Crippen LogP contribution in [0.5, 0.6) is 11.5 Å². The first-order valence-electron chi connectivity index (χ1n) is 8.66. The van der Waals surface area contributed by atoms with E-state index in [9.17, 15) is 18.4 Å². The largest absolute Gasteiger partial charge is 0.493 e. The minimum atomic E-state index is -2.96. The van der Waals surface area contributed by atoms with Gasteiger partial charge in [0, 0.05) is 19.5 Å². The van der Waals surface area contributed by atoms with E-state index in [1.807, 2.05) is 0 Å². The zero-order chi connectivity index (χ0) is 20.1. The van der Waals surface area contributed by atoms with Crippen LogP contribution in [0.2, 0.25) is 0 Å².